The molecule has 0 heterocycles. The van der Waals surface area contributed by atoms with Crippen LogP contribution < -0.4 is 11.1 Å². The van der Waals surface area contributed by atoms with Crippen LogP contribution in [0.1, 0.15) is 18.9 Å². The maximum absolute atomic E-state index is 11.8. The summed E-state index contributed by atoms with van der Waals surface area (Å²) < 4.78 is 0. The third-order valence-electron chi connectivity index (χ3n) is 2.90. The van der Waals surface area contributed by atoms with E-state index in [4.69, 9.17) is 5.73 Å². The number of nitrogens with zero attached hydrogens (tertiary/aromatic N) is 1. The van der Waals surface area contributed by atoms with E-state index >= 15 is 0 Å². The Kier molecular flexibility index (Phi) is 6.47. The van der Waals surface area contributed by atoms with E-state index in [0.717, 1.165) is 5.75 Å². The summed E-state index contributed by atoms with van der Waals surface area (Å²) in [5.41, 5.74) is 6.80. The zero-order chi connectivity index (χ0) is 15.1. The van der Waals surface area contributed by atoms with Gasteiger partial charge in [0.05, 0.1) is 11.0 Å². The fourth-order valence-electron chi connectivity index (χ4n) is 1.72. The number of nitrogens with two attached hydrogens (primary N) is 1. The third-order valence-corrected chi connectivity index (χ3v) is 3.54. The van der Waals surface area contributed by atoms with E-state index in [9.17, 15) is 14.9 Å². The van der Waals surface area contributed by atoms with Crippen molar-refractivity contribution in [2.75, 3.05) is 17.3 Å². The van der Waals surface area contributed by atoms with Gasteiger partial charge in [0.15, 0.2) is 0 Å². The monoisotopic (exact) mass is 297 g/mol. The second-order valence-corrected chi connectivity index (χ2v) is 5.32. The number of rotatable bonds is 7. The average molecular weight is 297 g/mol. The molecule has 0 bridgehead atoms. The van der Waals surface area contributed by atoms with Crippen molar-refractivity contribution in [3.05, 3.63) is 33.9 Å². The van der Waals surface area contributed by atoms with Crippen LogP contribution in [-0.4, -0.2) is 28.9 Å². The Bertz CT molecular complexity index is 494. The van der Waals surface area contributed by atoms with E-state index in [2.05, 4.69) is 5.32 Å². The Morgan fingerprint density at radius 1 is 1.55 bits per heavy atom. The summed E-state index contributed by atoms with van der Waals surface area (Å²) in [5, 5.41) is 13.6. The van der Waals surface area contributed by atoms with Crippen molar-refractivity contribution in [2.24, 2.45) is 5.73 Å². The minimum absolute atomic E-state index is 0.0167. The molecule has 1 amide bonds. The van der Waals surface area contributed by atoms with E-state index in [1.807, 2.05) is 13.2 Å². The van der Waals surface area contributed by atoms with Crippen molar-refractivity contribution in [1.82, 2.24) is 0 Å². The standard InChI is InChI=1S/C13H19N3O3S/c1-3-9-4-5-10(8-12(9)16(18)19)15-13(17)11(14)6-7-20-2/h4-5,8,11H,3,6-7,14H2,1-2H3,(H,15,17)/t11-/m1/s1. The molecule has 1 aromatic carbocycles. The van der Waals surface area contributed by atoms with Gasteiger partial charge in [0.1, 0.15) is 0 Å². The number of thioether (sulfide) groups is 1. The molecule has 6 nitrogen and oxygen atoms in total. The highest BCUT2D eigenvalue weighted by molar-refractivity contribution is 7.98. The van der Waals surface area contributed by atoms with Gasteiger partial charge in [-0.05, 0) is 30.9 Å². The predicted molar refractivity (Wildman–Crippen MR) is 82.1 cm³/mol. The summed E-state index contributed by atoms with van der Waals surface area (Å²) in [6, 6.07) is 4.08. The molecule has 0 radical (unpaired) electrons. The molecule has 0 saturated heterocycles. The Labute approximate surface area is 122 Å². The minimum atomic E-state index is -0.604. The number of nitro groups is 1. The number of carbonyl (C=O) groups excluding carboxylic acids is 1. The third kappa shape index (κ3) is 4.50. The summed E-state index contributed by atoms with van der Waals surface area (Å²) in [6.07, 6.45) is 3.08. The highest BCUT2D eigenvalue weighted by Gasteiger charge is 2.16. The first-order chi connectivity index (χ1) is 9.49. The van der Waals surface area contributed by atoms with Crippen LogP contribution in [0.15, 0.2) is 18.2 Å². The lowest BCUT2D eigenvalue weighted by Crippen LogP contribution is -2.36. The van der Waals surface area contributed by atoms with Crippen molar-refractivity contribution < 1.29 is 9.72 Å². The molecule has 110 valence electrons. The minimum Gasteiger partial charge on any atom is -0.324 e. The number of amides is 1. The number of anilines is 1. The molecule has 20 heavy (non-hydrogen) atoms. The van der Waals surface area contributed by atoms with Gasteiger partial charge in [-0.15, -0.1) is 0 Å². The predicted octanol–water partition coefficient (Wildman–Crippen LogP) is 2.18. The van der Waals surface area contributed by atoms with Gasteiger partial charge in [0, 0.05) is 17.3 Å². The van der Waals surface area contributed by atoms with Gasteiger partial charge in [-0.2, -0.15) is 11.8 Å². The van der Waals surface area contributed by atoms with Gasteiger partial charge in [-0.1, -0.05) is 13.0 Å². The van der Waals surface area contributed by atoms with E-state index < -0.39 is 11.0 Å². The maximum Gasteiger partial charge on any atom is 0.274 e. The van der Waals surface area contributed by atoms with Gasteiger partial charge in [0.2, 0.25) is 5.91 Å². The lowest BCUT2D eigenvalue weighted by Gasteiger charge is -2.12. The van der Waals surface area contributed by atoms with E-state index in [0.29, 0.717) is 24.1 Å². The molecule has 0 spiro atoms. The first-order valence-electron chi connectivity index (χ1n) is 6.32. The molecule has 0 fully saturated rings. The Morgan fingerprint density at radius 2 is 2.25 bits per heavy atom. The Hall–Kier alpha value is -1.60. The lowest BCUT2D eigenvalue weighted by atomic mass is 10.1. The summed E-state index contributed by atoms with van der Waals surface area (Å²) >= 11 is 1.62. The molecule has 0 saturated carbocycles. The quantitative estimate of drug-likeness (QED) is 0.593. The highest BCUT2D eigenvalue weighted by Crippen LogP contribution is 2.23. The number of hydrogen-bond acceptors (Lipinski definition) is 5. The summed E-state index contributed by atoms with van der Waals surface area (Å²) in [6.45, 7) is 1.85. The smallest absolute Gasteiger partial charge is 0.274 e. The number of hydrogen-bond donors (Lipinski definition) is 2. The molecule has 0 aliphatic carbocycles. The van der Waals surface area contributed by atoms with Crippen molar-refractivity contribution >= 4 is 29.0 Å². The molecule has 3 N–H and O–H groups in total. The van der Waals surface area contributed by atoms with Gasteiger partial charge in [0.25, 0.3) is 5.69 Å². The van der Waals surface area contributed by atoms with Crippen LogP contribution in [-0.2, 0) is 11.2 Å². The van der Waals surface area contributed by atoms with Crippen LogP contribution in [0.2, 0.25) is 0 Å². The largest absolute Gasteiger partial charge is 0.324 e. The molecular weight excluding hydrogens is 278 g/mol. The van der Waals surface area contributed by atoms with Crippen molar-refractivity contribution in [3.8, 4) is 0 Å². The first-order valence-corrected chi connectivity index (χ1v) is 7.71. The van der Waals surface area contributed by atoms with Crippen LogP contribution >= 0.6 is 11.8 Å². The molecule has 0 aliphatic heterocycles. The summed E-state index contributed by atoms with van der Waals surface area (Å²) in [7, 11) is 0. The summed E-state index contributed by atoms with van der Waals surface area (Å²) in [5.74, 6) is 0.473. The zero-order valence-electron chi connectivity index (χ0n) is 11.6. The van der Waals surface area contributed by atoms with Gasteiger partial charge >= 0.3 is 0 Å². The van der Waals surface area contributed by atoms with Crippen LogP contribution in [0.3, 0.4) is 0 Å². The number of carbonyl (C=O) groups is 1. The van der Waals surface area contributed by atoms with Crippen LogP contribution in [0.4, 0.5) is 11.4 Å². The van der Waals surface area contributed by atoms with Gasteiger partial charge < -0.3 is 11.1 Å². The van der Waals surface area contributed by atoms with E-state index in [1.165, 1.54) is 6.07 Å². The Balaban J connectivity index is 2.80. The topological polar surface area (TPSA) is 98.3 Å². The van der Waals surface area contributed by atoms with Crippen LogP contribution in [0, 0.1) is 10.1 Å². The molecule has 1 rings (SSSR count). The van der Waals surface area contributed by atoms with Crippen LogP contribution in [0.5, 0.6) is 0 Å². The highest BCUT2D eigenvalue weighted by atomic mass is 32.2. The number of nitro benzene ring substituents is 1. The molecule has 1 atom stereocenters. The second kappa shape index (κ2) is 7.86. The van der Waals surface area contributed by atoms with E-state index in [1.54, 1.807) is 23.9 Å². The Morgan fingerprint density at radius 3 is 2.80 bits per heavy atom. The molecule has 1 aromatic rings. The van der Waals surface area contributed by atoms with E-state index in [-0.39, 0.29) is 11.6 Å². The number of aryl methyl sites for hydroxylation is 1. The van der Waals surface area contributed by atoms with Crippen molar-refractivity contribution in [1.29, 1.82) is 0 Å². The number of benzene rings is 1. The normalized spacial score (nSPS) is 11.9. The average Bonchev–Trinajstić information content (AvgIpc) is 2.44. The summed E-state index contributed by atoms with van der Waals surface area (Å²) in [4.78, 5) is 22.4. The van der Waals surface area contributed by atoms with Gasteiger partial charge in [-0.25, -0.2) is 0 Å². The maximum atomic E-state index is 11.8. The fraction of sp³-hybridized carbons (Fsp3) is 0.462. The molecule has 7 heteroatoms. The second-order valence-electron chi connectivity index (χ2n) is 4.33. The molecule has 0 aromatic heterocycles. The lowest BCUT2D eigenvalue weighted by molar-refractivity contribution is -0.385. The fourth-order valence-corrected chi connectivity index (χ4v) is 2.21. The first kappa shape index (κ1) is 16.5. The molecule has 0 unspecified atom stereocenters. The zero-order valence-corrected chi connectivity index (χ0v) is 12.4. The van der Waals surface area contributed by atoms with Gasteiger partial charge in [-0.3, -0.25) is 14.9 Å². The van der Waals surface area contributed by atoms with Crippen molar-refractivity contribution in [3.63, 3.8) is 0 Å². The molecule has 0 aliphatic rings. The number of nitrogens with one attached hydrogen (secondary N) is 1. The molecular formula is C13H19N3O3S. The van der Waals surface area contributed by atoms with Crippen LogP contribution in [0.25, 0.3) is 0 Å². The van der Waals surface area contributed by atoms with Crippen molar-refractivity contribution in [2.45, 2.75) is 25.8 Å². The SMILES string of the molecule is CCc1ccc(NC(=O)[C@H](N)CCSC)cc1[N+](=O)[O-].